The second-order valence-corrected chi connectivity index (χ2v) is 5.57. The van der Waals surface area contributed by atoms with Gasteiger partial charge in [0.15, 0.2) is 0 Å². The number of nitrogens with one attached hydrogen (secondary N) is 1. The molecule has 5 heteroatoms. The number of aromatic nitrogens is 2. The standard InChI is InChI=1S/C15H28N4O/c1-14-13-19(11-6-12-20-2)15(17-14)16-7-5-10-18-8-3-4-9-18/h13H,3-12H2,1-2H3,(H,16,17). The molecule has 1 aromatic heterocycles. The molecule has 1 aliphatic rings. The molecule has 5 nitrogen and oxygen atoms in total. The van der Waals surface area contributed by atoms with E-state index in [1.54, 1.807) is 7.11 Å². The van der Waals surface area contributed by atoms with E-state index in [2.05, 4.69) is 26.0 Å². The molecule has 20 heavy (non-hydrogen) atoms. The van der Waals surface area contributed by atoms with Gasteiger partial charge in [-0.2, -0.15) is 0 Å². The van der Waals surface area contributed by atoms with Crippen molar-refractivity contribution in [2.75, 3.05) is 45.2 Å². The minimum atomic E-state index is 0.797. The zero-order valence-corrected chi connectivity index (χ0v) is 12.9. The molecule has 1 N–H and O–H groups in total. The SMILES string of the molecule is COCCCn1cc(C)nc1NCCCN1CCCC1. The van der Waals surface area contributed by atoms with Gasteiger partial charge in [-0.05, 0) is 52.2 Å². The van der Waals surface area contributed by atoms with Crippen LogP contribution in [0.4, 0.5) is 5.95 Å². The maximum absolute atomic E-state index is 5.11. The van der Waals surface area contributed by atoms with Gasteiger partial charge in [-0.15, -0.1) is 0 Å². The Morgan fingerprint density at radius 2 is 2.05 bits per heavy atom. The average Bonchev–Trinajstić information content (AvgIpc) is 3.05. The van der Waals surface area contributed by atoms with Crippen LogP contribution in [0.15, 0.2) is 6.20 Å². The molecule has 0 saturated carbocycles. The van der Waals surface area contributed by atoms with Gasteiger partial charge in [0, 0.05) is 33.0 Å². The number of hydrogen-bond acceptors (Lipinski definition) is 4. The Hall–Kier alpha value is -1.07. The molecule has 0 atom stereocenters. The molecule has 1 aliphatic heterocycles. The smallest absolute Gasteiger partial charge is 0.203 e. The van der Waals surface area contributed by atoms with E-state index in [0.29, 0.717) is 0 Å². The number of rotatable bonds is 9. The Labute approximate surface area is 122 Å². The van der Waals surface area contributed by atoms with Gasteiger partial charge in [0.2, 0.25) is 5.95 Å². The third-order valence-corrected chi connectivity index (χ3v) is 3.78. The fraction of sp³-hybridized carbons (Fsp3) is 0.800. The molecule has 0 radical (unpaired) electrons. The summed E-state index contributed by atoms with van der Waals surface area (Å²) < 4.78 is 7.30. The Kier molecular flexibility index (Phi) is 6.33. The summed E-state index contributed by atoms with van der Waals surface area (Å²) in [5.74, 6) is 1.00. The first-order valence-electron chi connectivity index (χ1n) is 7.78. The van der Waals surface area contributed by atoms with Crippen molar-refractivity contribution in [1.82, 2.24) is 14.5 Å². The summed E-state index contributed by atoms with van der Waals surface area (Å²) in [7, 11) is 1.75. The highest BCUT2D eigenvalue weighted by atomic mass is 16.5. The second kappa shape index (κ2) is 8.27. The molecule has 114 valence electrons. The summed E-state index contributed by atoms with van der Waals surface area (Å²) in [4.78, 5) is 7.11. The molecule has 0 spiro atoms. The van der Waals surface area contributed by atoms with Gasteiger partial charge in [-0.25, -0.2) is 4.98 Å². The number of hydrogen-bond donors (Lipinski definition) is 1. The first kappa shape index (κ1) is 15.3. The Bertz CT molecular complexity index is 385. The Morgan fingerprint density at radius 1 is 1.25 bits per heavy atom. The lowest BCUT2D eigenvalue weighted by Crippen LogP contribution is -2.22. The van der Waals surface area contributed by atoms with E-state index in [1.165, 1.54) is 38.9 Å². The summed E-state index contributed by atoms with van der Waals surface area (Å²) in [6, 6.07) is 0. The fourth-order valence-electron chi connectivity index (χ4n) is 2.75. The number of ether oxygens (including phenoxy) is 1. The van der Waals surface area contributed by atoms with Crippen LogP contribution in [0.2, 0.25) is 0 Å². The quantitative estimate of drug-likeness (QED) is 0.704. The van der Waals surface area contributed by atoms with Gasteiger partial charge in [0.05, 0.1) is 5.69 Å². The van der Waals surface area contributed by atoms with Crippen molar-refractivity contribution in [1.29, 1.82) is 0 Å². The van der Waals surface area contributed by atoms with Crippen LogP contribution in [0.5, 0.6) is 0 Å². The number of imidazole rings is 1. The van der Waals surface area contributed by atoms with Crippen LogP contribution in [0, 0.1) is 6.92 Å². The van der Waals surface area contributed by atoms with Gasteiger partial charge in [0.25, 0.3) is 0 Å². The largest absolute Gasteiger partial charge is 0.385 e. The van der Waals surface area contributed by atoms with Crippen molar-refractivity contribution in [2.24, 2.45) is 0 Å². The predicted molar refractivity (Wildman–Crippen MR) is 82.2 cm³/mol. The molecule has 2 rings (SSSR count). The minimum absolute atomic E-state index is 0.797. The van der Waals surface area contributed by atoms with Crippen molar-refractivity contribution in [2.45, 2.75) is 39.2 Å². The number of aryl methyl sites for hydroxylation is 2. The third kappa shape index (κ3) is 4.80. The molecular formula is C15H28N4O. The van der Waals surface area contributed by atoms with Crippen LogP contribution < -0.4 is 5.32 Å². The first-order chi connectivity index (χ1) is 9.79. The summed E-state index contributed by atoms with van der Waals surface area (Å²) >= 11 is 0. The summed E-state index contributed by atoms with van der Waals surface area (Å²) in [5, 5.41) is 3.47. The Morgan fingerprint density at radius 3 is 2.80 bits per heavy atom. The van der Waals surface area contributed by atoms with Gasteiger partial charge < -0.3 is 19.5 Å². The zero-order valence-electron chi connectivity index (χ0n) is 12.9. The Balaban J connectivity index is 1.70. The monoisotopic (exact) mass is 280 g/mol. The molecule has 0 aliphatic carbocycles. The summed E-state index contributed by atoms with van der Waals surface area (Å²) in [6.45, 7) is 8.57. The van der Waals surface area contributed by atoms with E-state index in [0.717, 1.165) is 37.8 Å². The molecule has 1 saturated heterocycles. The van der Waals surface area contributed by atoms with Crippen LogP contribution in [-0.2, 0) is 11.3 Å². The van der Waals surface area contributed by atoms with Gasteiger partial charge in [0.1, 0.15) is 0 Å². The third-order valence-electron chi connectivity index (χ3n) is 3.78. The van der Waals surface area contributed by atoms with Gasteiger partial charge in [-0.1, -0.05) is 0 Å². The first-order valence-corrected chi connectivity index (χ1v) is 7.78. The van der Waals surface area contributed by atoms with Crippen molar-refractivity contribution < 1.29 is 4.74 Å². The maximum Gasteiger partial charge on any atom is 0.203 e. The van der Waals surface area contributed by atoms with Crippen LogP contribution in [0.1, 0.15) is 31.4 Å². The lowest BCUT2D eigenvalue weighted by Gasteiger charge is -2.15. The van der Waals surface area contributed by atoms with Crippen molar-refractivity contribution >= 4 is 5.95 Å². The topological polar surface area (TPSA) is 42.3 Å². The number of likely N-dealkylation sites (tertiary alicyclic amines) is 1. The highest BCUT2D eigenvalue weighted by Gasteiger charge is 2.10. The molecule has 0 unspecified atom stereocenters. The second-order valence-electron chi connectivity index (χ2n) is 5.57. The minimum Gasteiger partial charge on any atom is -0.385 e. The maximum atomic E-state index is 5.11. The predicted octanol–water partition coefficient (Wildman–Crippen LogP) is 2.13. The van der Waals surface area contributed by atoms with E-state index >= 15 is 0 Å². The van der Waals surface area contributed by atoms with Gasteiger partial charge in [-0.3, -0.25) is 0 Å². The van der Waals surface area contributed by atoms with Gasteiger partial charge >= 0.3 is 0 Å². The lowest BCUT2D eigenvalue weighted by molar-refractivity contribution is 0.190. The summed E-state index contributed by atoms with van der Waals surface area (Å²) in [5.41, 5.74) is 1.07. The molecule has 0 aromatic carbocycles. The molecule has 0 bridgehead atoms. The van der Waals surface area contributed by atoms with Crippen LogP contribution in [0.25, 0.3) is 0 Å². The molecule has 1 aromatic rings. The lowest BCUT2D eigenvalue weighted by atomic mass is 10.4. The van der Waals surface area contributed by atoms with Crippen molar-refractivity contribution in [3.8, 4) is 0 Å². The van der Waals surface area contributed by atoms with Crippen molar-refractivity contribution in [3.05, 3.63) is 11.9 Å². The number of methoxy groups -OCH3 is 1. The fourth-order valence-corrected chi connectivity index (χ4v) is 2.75. The highest BCUT2D eigenvalue weighted by Crippen LogP contribution is 2.10. The van der Waals surface area contributed by atoms with E-state index < -0.39 is 0 Å². The molecule has 0 amide bonds. The average molecular weight is 280 g/mol. The number of anilines is 1. The van der Waals surface area contributed by atoms with Crippen LogP contribution >= 0.6 is 0 Å². The number of nitrogens with zero attached hydrogens (tertiary/aromatic N) is 3. The normalized spacial score (nSPS) is 15.9. The van der Waals surface area contributed by atoms with E-state index in [9.17, 15) is 0 Å². The molecule has 2 heterocycles. The van der Waals surface area contributed by atoms with Crippen LogP contribution in [0.3, 0.4) is 0 Å². The highest BCUT2D eigenvalue weighted by molar-refractivity contribution is 5.28. The van der Waals surface area contributed by atoms with E-state index in [-0.39, 0.29) is 0 Å². The molecule has 1 fully saturated rings. The van der Waals surface area contributed by atoms with E-state index in [1.807, 2.05) is 6.92 Å². The molecular weight excluding hydrogens is 252 g/mol. The van der Waals surface area contributed by atoms with Crippen molar-refractivity contribution in [3.63, 3.8) is 0 Å². The summed E-state index contributed by atoms with van der Waals surface area (Å²) in [6.07, 6.45) is 7.06. The zero-order chi connectivity index (χ0) is 14.2. The van der Waals surface area contributed by atoms with Crippen LogP contribution in [-0.4, -0.2) is 54.3 Å². The van der Waals surface area contributed by atoms with E-state index in [4.69, 9.17) is 4.74 Å².